The second-order valence-electron chi connectivity index (χ2n) is 6.48. The van der Waals surface area contributed by atoms with E-state index < -0.39 is 17.8 Å². The number of carbonyl (C=O) groups is 3. The normalized spacial score (nSPS) is 23.3. The monoisotopic (exact) mass is 361 g/mol. The van der Waals surface area contributed by atoms with Crippen LogP contribution in [0.15, 0.2) is 23.6 Å². The molecular formula is C18H21N2O4S-. The zero-order chi connectivity index (χ0) is 17.8. The van der Waals surface area contributed by atoms with Crippen molar-refractivity contribution < 1.29 is 19.5 Å². The van der Waals surface area contributed by atoms with Crippen LogP contribution >= 0.6 is 11.3 Å². The van der Waals surface area contributed by atoms with Crippen molar-refractivity contribution >= 4 is 34.1 Å². The van der Waals surface area contributed by atoms with E-state index in [1.165, 1.54) is 11.3 Å². The number of nitrogens with zero attached hydrogens (tertiary/aromatic N) is 1. The third-order valence-corrected chi connectivity index (χ3v) is 5.68. The van der Waals surface area contributed by atoms with Gasteiger partial charge in [-0.2, -0.15) is 0 Å². The zero-order valence-corrected chi connectivity index (χ0v) is 14.7. The smallest absolute Gasteiger partial charge is 0.256 e. The summed E-state index contributed by atoms with van der Waals surface area (Å²) in [6.45, 7) is 1.48. The summed E-state index contributed by atoms with van der Waals surface area (Å²) in [6.07, 6.45) is 7.38. The topological polar surface area (TPSA) is 89.5 Å². The highest BCUT2D eigenvalue weighted by Crippen LogP contribution is 2.30. The molecule has 0 aromatic carbocycles. The molecule has 2 amide bonds. The van der Waals surface area contributed by atoms with Crippen molar-refractivity contribution in [2.45, 2.75) is 32.1 Å². The van der Waals surface area contributed by atoms with Gasteiger partial charge in [-0.05, 0) is 43.6 Å². The predicted molar refractivity (Wildman–Crippen MR) is 93.1 cm³/mol. The summed E-state index contributed by atoms with van der Waals surface area (Å²) < 4.78 is 0. The average Bonchev–Trinajstić information content (AvgIpc) is 3.09. The Kier molecular flexibility index (Phi) is 5.53. The number of allylic oxidation sites excluding steroid dienone is 2. The highest BCUT2D eigenvalue weighted by molar-refractivity contribution is 7.14. The van der Waals surface area contributed by atoms with Gasteiger partial charge in [0.1, 0.15) is 5.00 Å². The van der Waals surface area contributed by atoms with Gasteiger partial charge in [-0.25, -0.2) is 0 Å². The summed E-state index contributed by atoms with van der Waals surface area (Å²) in [5, 5.41) is 16.3. The van der Waals surface area contributed by atoms with E-state index in [-0.39, 0.29) is 11.8 Å². The Labute approximate surface area is 150 Å². The van der Waals surface area contributed by atoms with E-state index in [1.54, 1.807) is 17.5 Å². The number of rotatable bonds is 4. The third-order valence-electron chi connectivity index (χ3n) is 4.85. The molecule has 0 bridgehead atoms. The first-order chi connectivity index (χ1) is 12.1. The van der Waals surface area contributed by atoms with E-state index in [4.69, 9.17) is 0 Å². The lowest BCUT2D eigenvalue weighted by Gasteiger charge is -2.29. The quantitative estimate of drug-likeness (QED) is 0.826. The molecule has 6 nitrogen and oxygen atoms in total. The Morgan fingerprint density at radius 3 is 2.44 bits per heavy atom. The number of aliphatic carboxylic acids is 1. The Bertz CT molecular complexity index is 691. The van der Waals surface area contributed by atoms with Crippen LogP contribution in [-0.4, -0.2) is 35.8 Å². The van der Waals surface area contributed by atoms with Crippen LogP contribution in [0.5, 0.6) is 0 Å². The van der Waals surface area contributed by atoms with Crippen LogP contribution < -0.4 is 10.4 Å². The maximum atomic E-state index is 12.7. The second-order valence-corrected chi connectivity index (χ2v) is 7.40. The van der Waals surface area contributed by atoms with Gasteiger partial charge in [0.25, 0.3) is 5.91 Å². The van der Waals surface area contributed by atoms with E-state index in [2.05, 4.69) is 5.32 Å². The lowest BCUT2D eigenvalue weighted by molar-refractivity contribution is -0.313. The van der Waals surface area contributed by atoms with Gasteiger partial charge < -0.3 is 20.1 Å². The van der Waals surface area contributed by atoms with Gasteiger partial charge in [0.2, 0.25) is 5.91 Å². The number of nitrogens with one attached hydrogen (secondary N) is 1. The fourth-order valence-electron chi connectivity index (χ4n) is 3.41. The molecule has 1 aromatic heterocycles. The number of amides is 2. The molecule has 0 spiro atoms. The summed E-state index contributed by atoms with van der Waals surface area (Å²) in [6, 6.07) is 1.72. The largest absolute Gasteiger partial charge is 0.550 e. The van der Waals surface area contributed by atoms with Crippen molar-refractivity contribution in [3.8, 4) is 0 Å². The molecule has 2 aliphatic rings. The van der Waals surface area contributed by atoms with Crippen molar-refractivity contribution in [1.29, 1.82) is 0 Å². The first kappa shape index (κ1) is 17.7. The van der Waals surface area contributed by atoms with Gasteiger partial charge in [-0.1, -0.05) is 12.2 Å². The summed E-state index contributed by atoms with van der Waals surface area (Å²) in [5.41, 5.74) is 0.483. The minimum Gasteiger partial charge on any atom is -0.550 e. The van der Waals surface area contributed by atoms with Crippen LogP contribution in [0.1, 0.15) is 42.5 Å². The van der Waals surface area contributed by atoms with Crippen molar-refractivity contribution in [2.24, 2.45) is 11.8 Å². The second kappa shape index (κ2) is 7.82. The maximum absolute atomic E-state index is 12.7. The van der Waals surface area contributed by atoms with E-state index in [9.17, 15) is 19.5 Å². The molecule has 0 saturated carbocycles. The van der Waals surface area contributed by atoms with Crippen molar-refractivity contribution in [3.63, 3.8) is 0 Å². The lowest BCUT2D eigenvalue weighted by Crippen LogP contribution is -2.41. The highest BCUT2D eigenvalue weighted by atomic mass is 32.1. The molecule has 3 rings (SSSR count). The third kappa shape index (κ3) is 3.92. The summed E-state index contributed by atoms with van der Waals surface area (Å²) in [4.78, 5) is 38.3. The Balaban J connectivity index is 1.72. The molecule has 1 aliphatic carbocycles. The number of hydrogen-bond acceptors (Lipinski definition) is 5. The lowest BCUT2D eigenvalue weighted by atomic mass is 9.82. The number of carbonyl (C=O) groups excluding carboxylic acids is 3. The molecule has 7 heteroatoms. The summed E-state index contributed by atoms with van der Waals surface area (Å²) in [5.74, 6) is -3.15. The predicted octanol–water partition coefficient (Wildman–Crippen LogP) is 1.65. The van der Waals surface area contributed by atoms with E-state index in [1.807, 2.05) is 11.0 Å². The van der Waals surface area contributed by atoms with Crippen LogP contribution in [0.4, 0.5) is 5.00 Å². The van der Waals surface area contributed by atoms with Gasteiger partial charge in [0.05, 0.1) is 11.5 Å². The number of carboxylic acids is 1. The Morgan fingerprint density at radius 1 is 1.08 bits per heavy atom. The van der Waals surface area contributed by atoms with Crippen molar-refractivity contribution in [1.82, 2.24) is 4.90 Å². The number of anilines is 1. The molecule has 1 N–H and O–H groups in total. The molecule has 1 aromatic rings. The number of piperidine rings is 1. The summed E-state index contributed by atoms with van der Waals surface area (Å²) >= 11 is 1.28. The van der Waals surface area contributed by atoms with Crippen LogP contribution in [-0.2, 0) is 9.59 Å². The molecular weight excluding hydrogens is 340 g/mol. The number of likely N-dealkylation sites (tertiary alicyclic amines) is 1. The van der Waals surface area contributed by atoms with Gasteiger partial charge in [-0.15, -0.1) is 11.3 Å². The van der Waals surface area contributed by atoms with E-state index >= 15 is 0 Å². The molecule has 2 atom stereocenters. The van der Waals surface area contributed by atoms with E-state index in [0.29, 0.717) is 23.4 Å². The molecule has 134 valence electrons. The molecule has 0 unspecified atom stereocenters. The standard InChI is InChI=1S/C18H22N2O4S/c21-15(12-6-2-3-7-13(12)18(23)24)19-16-14(8-11-25-16)17(22)20-9-4-1-5-10-20/h2-3,8,11-13H,1,4-7,9-10H2,(H,19,21)(H,23,24)/p-1/t12-,13+/m0/s1. The Morgan fingerprint density at radius 2 is 1.76 bits per heavy atom. The van der Waals surface area contributed by atoms with E-state index in [0.717, 1.165) is 32.4 Å². The first-order valence-electron chi connectivity index (χ1n) is 8.61. The van der Waals surface area contributed by atoms with Crippen LogP contribution in [0.25, 0.3) is 0 Å². The maximum Gasteiger partial charge on any atom is 0.256 e. The molecule has 0 radical (unpaired) electrons. The summed E-state index contributed by atoms with van der Waals surface area (Å²) in [7, 11) is 0. The molecule has 1 saturated heterocycles. The first-order valence-corrected chi connectivity index (χ1v) is 9.49. The SMILES string of the molecule is O=C(Nc1sccc1C(=O)N1CCCCC1)[C@H]1CC=CC[C@H]1C(=O)[O-]. The number of carboxylic acid groups (broad SMARTS) is 1. The van der Waals surface area contributed by atoms with Crippen LogP contribution in [0.3, 0.4) is 0 Å². The molecule has 1 fully saturated rings. The number of hydrogen-bond donors (Lipinski definition) is 1. The molecule has 2 heterocycles. The van der Waals surface area contributed by atoms with Crippen molar-refractivity contribution in [2.75, 3.05) is 18.4 Å². The molecule has 25 heavy (non-hydrogen) atoms. The van der Waals surface area contributed by atoms with Crippen LogP contribution in [0, 0.1) is 11.8 Å². The van der Waals surface area contributed by atoms with Crippen molar-refractivity contribution in [3.05, 3.63) is 29.2 Å². The number of thiophene rings is 1. The van der Waals surface area contributed by atoms with Gasteiger partial charge in [0.15, 0.2) is 0 Å². The highest BCUT2D eigenvalue weighted by Gasteiger charge is 2.31. The zero-order valence-electron chi connectivity index (χ0n) is 13.9. The minimum absolute atomic E-state index is 0.0729. The van der Waals surface area contributed by atoms with Gasteiger partial charge in [-0.3, -0.25) is 9.59 Å². The fraction of sp³-hybridized carbons (Fsp3) is 0.500. The minimum atomic E-state index is -1.21. The Hall–Kier alpha value is -2.15. The average molecular weight is 361 g/mol. The molecule has 1 aliphatic heterocycles. The fourth-order valence-corrected chi connectivity index (χ4v) is 4.19. The van der Waals surface area contributed by atoms with Crippen LogP contribution in [0.2, 0.25) is 0 Å². The van der Waals surface area contributed by atoms with Gasteiger partial charge in [0, 0.05) is 25.0 Å². The van der Waals surface area contributed by atoms with Gasteiger partial charge >= 0.3 is 0 Å².